The molecule has 0 N–H and O–H groups in total. The summed E-state index contributed by atoms with van der Waals surface area (Å²) in [4.78, 5) is 15.1. The Morgan fingerprint density at radius 3 is 2.16 bits per heavy atom. The molecule has 0 aliphatic carbocycles. The van der Waals surface area contributed by atoms with Crippen molar-refractivity contribution in [3.8, 4) is 17.2 Å². The topological polar surface area (TPSA) is 48.0 Å². The SMILES string of the molecule is COc1ccc([C@H]2[C@@H](Oc3ccccc3C)C(=O)N2c2ccc(C)c(C)c2)cc1OC. The number of amides is 1. The van der Waals surface area contributed by atoms with Gasteiger partial charge in [0.05, 0.1) is 14.2 Å². The fourth-order valence-corrected chi connectivity index (χ4v) is 3.93. The van der Waals surface area contributed by atoms with Crippen molar-refractivity contribution >= 4 is 11.6 Å². The lowest BCUT2D eigenvalue weighted by molar-refractivity contribution is -0.135. The number of para-hydroxylation sites is 1. The summed E-state index contributed by atoms with van der Waals surface area (Å²) in [5, 5.41) is 0. The van der Waals surface area contributed by atoms with Gasteiger partial charge in [0.15, 0.2) is 11.5 Å². The van der Waals surface area contributed by atoms with E-state index in [0.717, 1.165) is 22.4 Å². The minimum absolute atomic E-state index is 0.0636. The molecule has 0 spiro atoms. The molecule has 160 valence electrons. The highest BCUT2D eigenvalue weighted by Gasteiger charge is 2.51. The van der Waals surface area contributed by atoms with E-state index in [2.05, 4.69) is 13.8 Å². The van der Waals surface area contributed by atoms with Crippen LogP contribution in [0.3, 0.4) is 0 Å². The van der Waals surface area contributed by atoms with Gasteiger partial charge in [-0.1, -0.05) is 30.3 Å². The molecule has 0 saturated carbocycles. The molecule has 4 rings (SSSR count). The molecule has 1 aliphatic rings. The van der Waals surface area contributed by atoms with Crippen LogP contribution >= 0.6 is 0 Å². The van der Waals surface area contributed by atoms with Gasteiger partial charge < -0.3 is 14.2 Å². The van der Waals surface area contributed by atoms with Crippen LogP contribution in [0.15, 0.2) is 60.7 Å². The molecule has 0 bridgehead atoms. The summed E-state index contributed by atoms with van der Waals surface area (Å²) < 4.78 is 17.1. The van der Waals surface area contributed by atoms with E-state index < -0.39 is 6.10 Å². The lowest BCUT2D eigenvalue weighted by atomic mass is 9.89. The summed E-state index contributed by atoms with van der Waals surface area (Å²) in [5.74, 6) is 1.91. The van der Waals surface area contributed by atoms with E-state index in [1.54, 1.807) is 19.1 Å². The molecule has 1 heterocycles. The molecule has 1 fully saturated rings. The zero-order valence-corrected chi connectivity index (χ0v) is 18.5. The Labute approximate surface area is 183 Å². The summed E-state index contributed by atoms with van der Waals surface area (Å²) in [6, 6.07) is 19.3. The molecular formula is C26H27NO4. The van der Waals surface area contributed by atoms with Crippen LogP contribution in [0.4, 0.5) is 5.69 Å². The molecule has 1 amide bonds. The van der Waals surface area contributed by atoms with Gasteiger partial charge in [-0.2, -0.15) is 0 Å². The molecular weight excluding hydrogens is 390 g/mol. The van der Waals surface area contributed by atoms with E-state index >= 15 is 0 Å². The Kier molecular flexibility index (Phi) is 5.59. The van der Waals surface area contributed by atoms with Gasteiger partial charge in [0.2, 0.25) is 6.10 Å². The van der Waals surface area contributed by atoms with Crippen LogP contribution in [0.25, 0.3) is 0 Å². The Bertz CT molecular complexity index is 1120. The Hall–Kier alpha value is -3.47. The van der Waals surface area contributed by atoms with Crippen molar-refractivity contribution in [2.45, 2.75) is 32.9 Å². The maximum absolute atomic E-state index is 13.3. The van der Waals surface area contributed by atoms with E-state index in [0.29, 0.717) is 17.2 Å². The highest BCUT2D eigenvalue weighted by Crippen LogP contribution is 2.44. The first-order chi connectivity index (χ1) is 14.9. The normalized spacial score (nSPS) is 17.8. The number of anilines is 1. The van der Waals surface area contributed by atoms with Crippen LogP contribution in [0, 0.1) is 20.8 Å². The number of β-lactam (4-membered cyclic amide) rings is 1. The minimum atomic E-state index is -0.624. The average Bonchev–Trinajstić information content (AvgIpc) is 2.78. The third-order valence-corrected chi connectivity index (χ3v) is 5.91. The average molecular weight is 418 g/mol. The van der Waals surface area contributed by atoms with Gasteiger partial charge in [-0.25, -0.2) is 0 Å². The smallest absolute Gasteiger partial charge is 0.271 e. The predicted molar refractivity (Wildman–Crippen MR) is 121 cm³/mol. The van der Waals surface area contributed by atoms with Crippen LogP contribution in [0.2, 0.25) is 0 Å². The third-order valence-electron chi connectivity index (χ3n) is 5.91. The Morgan fingerprint density at radius 2 is 1.48 bits per heavy atom. The molecule has 0 radical (unpaired) electrons. The number of methoxy groups -OCH3 is 2. The largest absolute Gasteiger partial charge is 0.493 e. The van der Waals surface area contributed by atoms with Crippen molar-refractivity contribution in [3.05, 3.63) is 82.9 Å². The highest BCUT2D eigenvalue weighted by molar-refractivity contribution is 6.05. The zero-order valence-electron chi connectivity index (χ0n) is 18.5. The highest BCUT2D eigenvalue weighted by atomic mass is 16.5. The van der Waals surface area contributed by atoms with E-state index in [1.165, 1.54) is 5.56 Å². The van der Waals surface area contributed by atoms with E-state index in [-0.39, 0.29) is 11.9 Å². The van der Waals surface area contributed by atoms with Gasteiger partial charge in [0.25, 0.3) is 5.91 Å². The number of aryl methyl sites for hydroxylation is 3. The van der Waals surface area contributed by atoms with Crippen molar-refractivity contribution in [1.82, 2.24) is 0 Å². The van der Waals surface area contributed by atoms with Crippen molar-refractivity contribution in [2.24, 2.45) is 0 Å². The van der Waals surface area contributed by atoms with Crippen LogP contribution in [0.1, 0.15) is 28.3 Å². The monoisotopic (exact) mass is 417 g/mol. The summed E-state index contributed by atoms with van der Waals surface area (Å²) in [5.41, 5.74) is 5.10. The second-order valence-corrected chi connectivity index (χ2v) is 7.84. The number of carbonyl (C=O) groups excluding carboxylic acids is 1. The third kappa shape index (κ3) is 3.72. The number of rotatable bonds is 6. The molecule has 5 nitrogen and oxygen atoms in total. The fraction of sp³-hybridized carbons (Fsp3) is 0.269. The minimum Gasteiger partial charge on any atom is -0.493 e. The maximum Gasteiger partial charge on any atom is 0.271 e. The van der Waals surface area contributed by atoms with Crippen molar-refractivity contribution in [1.29, 1.82) is 0 Å². The first-order valence-corrected chi connectivity index (χ1v) is 10.3. The van der Waals surface area contributed by atoms with Gasteiger partial charge in [0.1, 0.15) is 11.8 Å². The van der Waals surface area contributed by atoms with Crippen molar-refractivity contribution < 1.29 is 19.0 Å². The molecule has 1 aliphatic heterocycles. The van der Waals surface area contributed by atoms with Crippen molar-refractivity contribution in [2.75, 3.05) is 19.1 Å². The van der Waals surface area contributed by atoms with Gasteiger partial charge >= 0.3 is 0 Å². The number of hydrogen-bond acceptors (Lipinski definition) is 4. The maximum atomic E-state index is 13.3. The van der Waals surface area contributed by atoms with Crippen LogP contribution in [-0.2, 0) is 4.79 Å². The quantitative estimate of drug-likeness (QED) is 0.520. The van der Waals surface area contributed by atoms with E-state index in [1.807, 2.05) is 67.6 Å². The van der Waals surface area contributed by atoms with Crippen LogP contribution in [-0.4, -0.2) is 26.2 Å². The first kappa shape index (κ1) is 20.8. The molecule has 1 saturated heterocycles. The standard InChI is InChI=1S/C26H27NO4/c1-16-10-12-20(14-18(16)3)27-24(19-11-13-22(29-4)23(15-19)30-5)25(26(27)28)31-21-9-7-6-8-17(21)2/h6-15,24-25H,1-5H3/t24-,25+/m0/s1. The molecule has 3 aromatic carbocycles. The van der Waals surface area contributed by atoms with Crippen LogP contribution < -0.4 is 19.1 Å². The molecule has 2 atom stereocenters. The summed E-state index contributed by atoms with van der Waals surface area (Å²) >= 11 is 0. The second kappa shape index (κ2) is 8.34. The van der Waals surface area contributed by atoms with Gasteiger partial charge in [-0.05, 0) is 73.4 Å². The van der Waals surface area contributed by atoms with Gasteiger partial charge in [0, 0.05) is 5.69 Å². The van der Waals surface area contributed by atoms with Gasteiger partial charge in [-0.15, -0.1) is 0 Å². The van der Waals surface area contributed by atoms with Crippen molar-refractivity contribution in [3.63, 3.8) is 0 Å². The predicted octanol–water partition coefficient (Wildman–Crippen LogP) is 5.16. The summed E-state index contributed by atoms with van der Waals surface area (Å²) in [7, 11) is 3.21. The number of nitrogens with zero attached hydrogens (tertiary/aromatic N) is 1. The number of ether oxygens (including phenoxy) is 3. The fourth-order valence-electron chi connectivity index (χ4n) is 3.93. The van der Waals surface area contributed by atoms with E-state index in [4.69, 9.17) is 14.2 Å². The molecule has 0 unspecified atom stereocenters. The second-order valence-electron chi connectivity index (χ2n) is 7.84. The summed E-state index contributed by atoms with van der Waals surface area (Å²) in [6.45, 7) is 6.09. The summed E-state index contributed by atoms with van der Waals surface area (Å²) in [6.07, 6.45) is -0.624. The number of carbonyl (C=O) groups is 1. The Balaban J connectivity index is 1.76. The Morgan fingerprint density at radius 1 is 0.742 bits per heavy atom. The molecule has 3 aromatic rings. The molecule has 31 heavy (non-hydrogen) atoms. The van der Waals surface area contributed by atoms with E-state index in [9.17, 15) is 4.79 Å². The lowest BCUT2D eigenvalue weighted by Crippen LogP contribution is -2.61. The number of hydrogen-bond donors (Lipinski definition) is 0. The molecule has 0 aromatic heterocycles. The van der Waals surface area contributed by atoms with Crippen LogP contribution in [0.5, 0.6) is 17.2 Å². The lowest BCUT2D eigenvalue weighted by Gasteiger charge is -2.47. The number of benzene rings is 3. The van der Waals surface area contributed by atoms with Gasteiger partial charge in [-0.3, -0.25) is 9.69 Å². The first-order valence-electron chi connectivity index (χ1n) is 10.3. The molecule has 5 heteroatoms. The zero-order chi connectivity index (χ0) is 22.1.